The van der Waals surface area contributed by atoms with Gasteiger partial charge >= 0.3 is 0 Å². The molecule has 0 unspecified atom stereocenters. The molecule has 0 atom stereocenters. The average molecular weight is 251 g/mol. The summed E-state index contributed by atoms with van der Waals surface area (Å²) in [5, 5.41) is 0.295. The van der Waals surface area contributed by atoms with Gasteiger partial charge in [-0.15, -0.1) is 0 Å². The van der Waals surface area contributed by atoms with Crippen molar-refractivity contribution >= 4 is 23.2 Å². The lowest BCUT2D eigenvalue weighted by Crippen LogP contribution is -2.15. The normalized spacial score (nSPS) is 13.8. The van der Waals surface area contributed by atoms with E-state index in [9.17, 15) is 9.59 Å². The zero-order valence-corrected chi connectivity index (χ0v) is 10.3. The van der Waals surface area contributed by atoms with Gasteiger partial charge in [0, 0.05) is 0 Å². The molecule has 0 aliphatic heterocycles. The largest absolute Gasteiger partial charge is 0.493 e. The number of ketones is 2. The smallest absolute Gasteiger partial charge is 0.190 e. The first-order chi connectivity index (χ1) is 8.06. The van der Waals surface area contributed by atoms with E-state index in [-0.39, 0.29) is 22.7 Å². The Morgan fingerprint density at radius 3 is 2.35 bits per heavy atom. The Hall–Kier alpha value is -1.61. The van der Waals surface area contributed by atoms with E-state index in [2.05, 4.69) is 0 Å². The fourth-order valence-electron chi connectivity index (χ4n) is 1.88. The van der Waals surface area contributed by atoms with E-state index in [4.69, 9.17) is 16.3 Å². The van der Waals surface area contributed by atoms with Gasteiger partial charge in [-0.25, -0.2) is 0 Å². The fraction of sp³-hybridized carbons (Fsp3) is 0.231. The molecule has 1 aliphatic rings. The summed E-state index contributed by atoms with van der Waals surface area (Å²) in [5.41, 5.74) is 1.28. The number of fused-ring (bicyclic) bond motifs is 1. The molecule has 1 aliphatic carbocycles. The summed E-state index contributed by atoms with van der Waals surface area (Å²) in [6.45, 7) is 4.05. The van der Waals surface area contributed by atoms with Crippen molar-refractivity contribution in [2.45, 2.75) is 13.8 Å². The zero-order valence-electron chi connectivity index (χ0n) is 9.54. The number of carbonyl (C=O) groups excluding carboxylic acids is 2. The molecule has 1 aromatic carbocycles. The number of halogens is 1. The van der Waals surface area contributed by atoms with Crippen LogP contribution in [0.2, 0.25) is 5.02 Å². The minimum absolute atomic E-state index is 0.242. The summed E-state index contributed by atoms with van der Waals surface area (Å²) in [7, 11) is 0. The maximum atomic E-state index is 11.9. The number of hydrogen-bond donors (Lipinski definition) is 0. The lowest BCUT2D eigenvalue weighted by atomic mass is 9.92. The van der Waals surface area contributed by atoms with Crippen LogP contribution in [0.3, 0.4) is 0 Å². The first-order valence-electron chi connectivity index (χ1n) is 5.29. The van der Waals surface area contributed by atoms with Crippen LogP contribution in [0.4, 0.5) is 0 Å². The minimum Gasteiger partial charge on any atom is -0.493 e. The monoisotopic (exact) mass is 250 g/mol. The molecular formula is C13H11ClO3. The summed E-state index contributed by atoms with van der Waals surface area (Å²) in [6, 6.07) is 1.65. The van der Waals surface area contributed by atoms with Crippen LogP contribution in [0.1, 0.15) is 33.2 Å². The maximum absolute atomic E-state index is 11.9. The van der Waals surface area contributed by atoms with Gasteiger partial charge in [0.25, 0.3) is 0 Å². The van der Waals surface area contributed by atoms with E-state index in [0.29, 0.717) is 17.4 Å². The second-order valence-electron chi connectivity index (χ2n) is 3.75. The number of rotatable bonds is 2. The topological polar surface area (TPSA) is 43.4 Å². The quantitative estimate of drug-likeness (QED) is 0.810. The third-order valence-corrected chi connectivity index (χ3v) is 2.88. The lowest BCUT2D eigenvalue weighted by Gasteiger charge is -2.17. The third kappa shape index (κ3) is 1.87. The molecule has 0 fully saturated rings. The Balaban J connectivity index is 2.77. The molecular weight excluding hydrogens is 240 g/mol. The Morgan fingerprint density at radius 1 is 1.18 bits per heavy atom. The minimum atomic E-state index is -0.259. The van der Waals surface area contributed by atoms with Crippen LogP contribution in [0.5, 0.6) is 5.75 Å². The van der Waals surface area contributed by atoms with Gasteiger partial charge in [0.05, 0.1) is 22.8 Å². The number of allylic oxidation sites excluding steroid dienone is 2. The van der Waals surface area contributed by atoms with Crippen molar-refractivity contribution in [1.82, 2.24) is 0 Å². The zero-order chi connectivity index (χ0) is 12.6. The summed E-state index contributed by atoms with van der Waals surface area (Å²) in [5.74, 6) is -0.0474. The van der Waals surface area contributed by atoms with Crippen molar-refractivity contribution in [1.29, 1.82) is 0 Å². The van der Waals surface area contributed by atoms with Gasteiger partial charge in [-0.2, -0.15) is 0 Å². The van der Waals surface area contributed by atoms with Crippen LogP contribution in [-0.2, 0) is 0 Å². The molecule has 88 valence electrons. The van der Waals surface area contributed by atoms with Crippen molar-refractivity contribution < 1.29 is 14.3 Å². The second kappa shape index (κ2) is 4.34. The van der Waals surface area contributed by atoms with E-state index in [1.54, 1.807) is 13.0 Å². The number of hydrogen-bond acceptors (Lipinski definition) is 3. The Kier molecular flexibility index (Phi) is 3.03. The highest BCUT2D eigenvalue weighted by atomic mass is 35.5. The van der Waals surface area contributed by atoms with Gasteiger partial charge in [0.2, 0.25) is 0 Å². The Bertz CT molecular complexity index is 544. The number of ether oxygens (including phenoxy) is 1. The standard InChI is InChI=1S/C13H11ClO3/c1-3-17-13-7(2)6-8(14)11-9(15)4-5-10(16)12(11)13/h4-6H,3H2,1-2H3. The van der Waals surface area contributed by atoms with Crippen molar-refractivity contribution in [3.63, 3.8) is 0 Å². The molecule has 0 amide bonds. The highest BCUT2D eigenvalue weighted by molar-refractivity contribution is 6.37. The summed E-state index contributed by atoms with van der Waals surface area (Å²) in [6.07, 6.45) is 2.49. The van der Waals surface area contributed by atoms with Gasteiger partial charge in [0.15, 0.2) is 11.6 Å². The summed E-state index contributed by atoms with van der Waals surface area (Å²) < 4.78 is 5.44. The van der Waals surface area contributed by atoms with E-state index >= 15 is 0 Å². The summed E-state index contributed by atoms with van der Waals surface area (Å²) in [4.78, 5) is 23.6. The van der Waals surface area contributed by atoms with Crippen LogP contribution >= 0.6 is 11.6 Å². The molecule has 0 aromatic heterocycles. The number of benzene rings is 1. The van der Waals surface area contributed by atoms with Gasteiger partial charge in [-0.05, 0) is 37.6 Å². The molecule has 4 heteroatoms. The van der Waals surface area contributed by atoms with E-state index < -0.39 is 0 Å². The molecule has 3 nitrogen and oxygen atoms in total. The molecule has 0 N–H and O–H groups in total. The van der Waals surface area contributed by atoms with Crippen molar-refractivity contribution in [2.24, 2.45) is 0 Å². The van der Waals surface area contributed by atoms with Crippen LogP contribution in [0.25, 0.3) is 0 Å². The van der Waals surface area contributed by atoms with Crippen LogP contribution in [-0.4, -0.2) is 18.2 Å². The molecule has 0 saturated heterocycles. The predicted octanol–water partition coefficient (Wildman–Crippen LogP) is 2.98. The van der Waals surface area contributed by atoms with Crippen molar-refractivity contribution in [3.05, 3.63) is 39.9 Å². The van der Waals surface area contributed by atoms with E-state index in [1.165, 1.54) is 12.2 Å². The lowest BCUT2D eigenvalue weighted by molar-refractivity contribution is 0.0991. The molecule has 1 aromatic rings. The third-order valence-electron chi connectivity index (χ3n) is 2.58. The average Bonchev–Trinajstić information content (AvgIpc) is 2.27. The number of aryl methyl sites for hydroxylation is 1. The molecule has 2 rings (SSSR count). The van der Waals surface area contributed by atoms with Gasteiger partial charge in [0.1, 0.15) is 5.75 Å². The fourth-order valence-corrected chi connectivity index (χ4v) is 2.23. The van der Waals surface area contributed by atoms with E-state index in [1.807, 2.05) is 6.92 Å². The first-order valence-corrected chi connectivity index (χ1v) is 5.66. The molecule has 17 heavy (non-hydrogen) atoms. The van der Waals surface area contributed by atoms with Crippen molar-refractivity contribution in [2.75, 3.05) is 6.61 Å². The van der Waals surface area contributed by atoms with Gasteiger partial charge in [-0.1, -0.05) is 11.6 Å². The Labute approximate surface area is 104 Å². The van der Waals surface area contributed by atoms with Crippen LogP contribution < -0.4 is 4.74 Å². The van der Waals surface area contributed by atoms with Crippen LogP contribution in [0.15, 0.2) is 18.2 Å². The summed E-state index contributed by atoms with van der Waals surface area (Å²) >= 11 is 6.02. The highest BCUT2D eigenvalue weighted by Crippen LogP contribution is 2.35. The molecule has 0 bridgehead atoms. The van der Waals surface area contributed by atoms with Crippen LogP contribution in [0, 0.1) is 6.92 Å². The first kappa shape index (κ1) is 11.9. The van der Waals surface area contributed by atoms with Crippen molar-refractivity contribution in [3.8, 4) is 5.75 Å². The molecule has 0 radical (unpaired) electrons. The number of carbonyl (C=O) groups is 2. The molecule has 0 heterocycles. The highest BCUT2D eigenvalue weighted by Gasteiger charge is 2.27. The van der Waals surface area contributed by atoms with Gasteiger partial charge in [-0.3, -0.25) is 9.59 Å². The molecule has 0 saturated carbocycles. The maximum Gasteiger partial charge on any atom is 0.190 e. The Morgan fingerprint density at radius 2 is 1.76 bits per heavy atom. The molecule has 0 spiro atoms. The second-order valence-corrected chi connectivity index (χ2v) is 4.16. The van der Waals surface area contributed by atoms with E-state index in [0.717, 1.165) is 5.56 Å². The predicted molar refractivity (Wildman–Crippen MR) is 65.2 cm³/mol. The van der Waals surface area contributed by atoms with Gasteiger partial charge < -0.3 is 4.74 Å². The SMILES string of the molecule is CCOc1c(C)cc(Cl)c2c1C(=O)C=CC2=O.